The number of nitrogens with zero attached hydrogens (tertiary/aromatic N) is 3. The number of aromatic nitrogens is 3. The Morgan fingerprint density at radius 3 is 3.00 bits per heavy atom. The molecule has 1 atom stereocenters. The molecule has 2 aromatic heterocycles. The maximum Gasteiger partial charge on any atom is 0.240 e. The average Bonchev–Trinajstić information content (AvgIpc) is 3.07. The second-order valence-electron chi connectivity index (χ2n) is 5.80. The third-order valence-corrected chi connectivity index (χ3v) is 4.12. The van der Waals surface area contributed by atoms with Gasteiger partial charge in [0.1, 0.15) is 11.9 Å². The minimum absolute atomic E-state index is 0.416. The summed E-state index contributed by atoms with van der Waals surface area (Å²) in [4.78, 5) is 25.1. The van der Waals surface area contributed by atoms with Crippen molar-refractivity contribution in [1.82, 2.24) is 15.0 Å². The Kier molecular flexibility index (Phi) is 5.00. The van der Waals surface area contributed by atoms with Crippen LogP contribution in [0.4, 0.5) is 5.82 Å². The molecular weight excluding hydrogens is 306 g/mol. The van der Waals surface area contributed by atoms with Gasteiger partial charge in [-0.25, -0.2) is 9.97 Å². The third kappa shape index (κ3) is 3.51. The number of hydrogen-bond donors (Lipinski definition) is 2. The lowest BCUT2D eigenvalue weighted by Crippen LogP contribution is -2.37. The Hall–Kier alpha value is -2.54. The molecular formula is C17H21N5O2. The first-order valence-electron chi connectivity index (χ1n) is 8.04. The number of rotatable bonds is 7. The second-order valence-corrected chi connectivity index (χ2v) is 5.80. The van der Waals surface area contributed by atoms with E-state index in [0.29, 0.717) is 24.7 Å². The average molecular weight is 327 g/mol. The van der Waals surface area contributed by atoms with E-state index in [2.05, 4.69) is 20.3 Å². The number of hydrogen-bond acceptors (Lipinski definition) is 6. The number of carbonyl (C=O) groups excluding carboxylic acids is 1. The van der Waals surface area contributed by atoms with Crippen molar-refractivity contribution in [3.8, 4) is 11.4 Å². The van der Waals surface area contributed by atoms with E-state index in [1.807, 2.05) is 12.1 Å². The van der Waals surface area contributed by atoms with E-state index in [1.165, 1.54) is 0 Å². The lowest BCUT2D eigenvalue weighted by molar-refractivity contribution is -0.119. The molecule has 0 bridgehead atoms. The van der Waals surface area contributed by atoms with E-state index in [9.17, 15) is 4.79 Å². The first-order valence-corrected chi connectivity index (χ1v) is 8.04. The van der Waals surface area contributed by atoms with Crippen molar-refractivity contribution in [1.29, 1.82) is 0 Å². The molecule has 0 unspecified atom stereocenters. The topological polar surface area (TPSA) is 103 Å². The maximum absolute atomic E-state index is 11.7. The Labute approximate surface area is 140 Å². The molecule has 0 spiro atoms. The highest BCUT2D eigenvalue weighted by molar-refractivity contribution is 5.83. The first kappa shape index (κ1) is 16.3. The van der Waals surface area contributed by atoms with Crippen molar-refractivity contribution in [3.63, 3.8) is 0 Å². The zero-order chi connectivity index (χ0) is 16.9. The molecule has 1 aliphatic rings. The fourth-order valence-corrected chi connectivity index (χ4v) is 2.86. The number of methoxy groups -OCH3 is 1. The molecule has 3 N–H and O–H groups in total. The minimum atomic E-state index is -0.522. The zero-order valence-corrected chi connectivity index (χ0v) is 13.7. The molecule has 24 heavy (non-hydrogen) atoms. The van der Waals surface area contributed by atoms with Crippen LogP contribution in [0.3, 0.4) is 0 Å². The largest absolute Gasteiger partial charge is 0.385 e. The van der Waals surface area contributed by atoms with Gasteiger partial charge < -0.3 is 15.8 Å². The van der Waals surface area contributed by atoms with Crippen molar-refractivity contribution in [3.05, 3.63) is 35.8 Å². The van der Waals surface area contributed by atoms with Crippen LogP contribution in [0.15, 0.2) is 24.5 Å². The number of nitrogens with one attached hydrogen (secondary N) is 1. The highest BCUT2D eigenvalue weighted by atomic mass is 16.5. The van der Waals surface area contributed by atoms with Gasteiger partial charge in [0.05, 0.1) is 0 Å². The van der Waals surface area contributed by atoms with Crippen molar-refractivity contribution < 1.29 is 9.53 Å². The standard InChI is InChI=1S/C17H21N5O2/c1-24-9-7-14(15(18)23)21-17-12-5-2-6-13(12)20-16(22-17)11-4-3-8-19-10-11/h3-4,8,10,14H,2,5-7,9H2,1H3,(H2,18,23)(H,20,21,22)/t14-/m0/s1. The van der Waals surface area contributed by atoms with Crippen LogP contribution >= 0.6 is 0 Å². The van der Waals surface area contributed by atoms with E-state index in [0.717, 1.165) is 36.1 Å². The van der Waals surface area contributed by atoms with Crippen LogP contribution in [0, 0.1) is 0 Å². The van der Waals surface area contributed by atoms with Crippen molar-refractivity contribution in [2.75, 3.05) is 19.0 Å². The SMILES string of the molecule is COCC[C@H](Nc1nc(-c2cccnc2)nc2c1CCC2)C(N)=O. The lowest BCUT2D eigenvalue weighted by atomic mass is 10.1. The van der Waals surface area contributed by atoms with Gasteiger partial charge in [-0.3, -0.25) is 9.78 Å². The van der Waals surface area contributed by atoms with Crippen LogP contribution in [0.25, 0.3) is 11.4 Å². The van der Waals surface area contributed by atoms with Crippen LogP contribution in [0.2, 0.25) is 0 Å². The Bertz CT molecular complexity index is 720. The Balaban J connectivity index is 1.94. The van der Waals surface area contributed by atoms with Gasteiger partial charge in [-0.2, -0.15) is 0 Å². The molecule has 0 saturated heterocycles. The van der Waals surface area contributed by atoms with Crippen molar-refractivity contribution in [2.45, 2.75) is 31.7 Å². The molecule has 2 aromatic rings. The van der Waals surface area contributed by atoms with E-state index >= 15 is 0 Å². The normalized spacial score (nSPS) is 14.2. The number of ether oxygens (including phenoxy) is 1. The number of carbonyl (C=O) groups is 1. The van der Waals surface area contributed by atoms with Crippen LogP contribution in [0.1, 0.15) is 24.1 Å². The van der Waals surface area contributed by atoms with Crippen LogP contribution in [-0.4, -0.2) is 40.6 Å². The molecule has 2 heterocycles. The van der Waals surface area contributed by atoms with E-state index < -0.39 is 11.9 Å². The summed E-state index contributed by atoms with van der Waals surface area (Å²) in [7, 11) is 1.60. The number of amides is 1. The molecule has 0 fully saturated rings. The van der Waals surface area contributed by atoms with Gasteiger partial charge in [-0.1, -0.05) is 0 Å². The van der Waals surface area contributed by atoms with Crippen molar-refractivity contribution in [2.24, 2.45) is 5.73 Å². The van der Waals surface area contributed by atoms with Crippen molar-refractivity contribution >= 4 is 11.7 Å². The molecule has 7 heteroatoms. The predicted octanol–water partition coefficient (Wildman–Crippen LogP) is 1.33. The number of fused-ring (bicyclic) bond motifs is 1. The monoisotopic (exact) mass is 327 g/mol. The lowest BCUT2D eigenvalue weighted by Gasteiger charge is -2.18. The van der Waals surface area contributed by atoms with Gasteiger partial charge in [-0.05, 0) is 37.8 Å². The number of primary amides is 1. The molecule has 3 rings (SSSR count). The van der Waals surface area contributed by atoms with Crippen LogP contribution in [0.5, 0.6) is 0 Å². The number of anilines is 1. The summed E-state index contributed by atoms with van der Waals surface area (Å²) in [6.45, 7) is 0.448. The summed E-state index contributed by atoms with van der Waals surface area (Å²) in [5, 5.41) is 3.20. The van der Waals surface area contributed by atoms with Gasteiger partial charge >= 0.3 is 0 Å². The smallest absolute Gasteiger partial charge is 0.240 e. The predicted molar refractivity (Wildman–Crippen MR) is 90.4 cm³/mol. The van der Waals surface area contributed by atoms with E-state index in [4.69, 9.17) is 10.5 Å². The Morgan fingerprint density at radius 1 is 1.42 bits per heavy atom. The molecule has 0 saturated carbocycles. The van der Waals surface area contributed by atoms with E-state index in [-0.39, 0.29) is 0 Å². The molecule has 0 radical (unpaired) electrons. The summed E-state index contributed by atoms with van der Waals surface area (Å²) >= 11 is 0. The molecule has 126 valence electrons. The molecule has 7 nitrogen and oxygen atoms in total. The second kappa shape index (κ2) is 7.35. The fraction of sp³-hybridized carbons (Fsp3) is 0.412. The van der Waals surface area contributed by atoms with Gasteiger partial charge in [0.25, 0.3) is 0 Å². The first-order chi connectivity index (χ1) is 11.7. The summed E-state index contributed by atoms with van der Waals surface area (Å²) in [6.07, 6.45) is 6.79. The molecule has 0 aliphatic heterocycles. The number of nitrogens with two attached hydrogens (primary N) is 1. The fourth-order valence-electron chi connectivity index (χ4n) is 2.86. The van der Waals surface area contributed by atoms with E-state index in [1.54, 1.807) is 19.5 Å². The van der Waals surface area contributed by atoms with Gasteiger partial charge in [0.2, 0.25) is 5.91 Å². The highest BCUT2D eigenvalue weighted by Gasteiger charge is 2.23. The van der Waals surface area contributed by atoms with Gasteiger partial charge in [0.15, 0.2) is 5.82 Å². The quantitative estimate of drug-likeness (QED) is 0.795. The van der Waals surface area contributed by atoms with Gasteiger partial charge in [-0.15, -0.1) is 0 Å². The molecule has 1 aliphatic carbocycles. The van der Waals surface area contributed by atoms with Crippen LogP contribution in [-0.2, 0) is 22.4 Å². The maximum atomic E-state index is 11.7. The zero-order valence-electron chi connectivity index (χ0n) is 13.7. The molecule has 1 amide bonds. The summed E-state index contributed by atoms with van der Waals surface area (Å²) < 4.78 is 5.06. The van der Waals surface area contributed by atoms with Crippen LogP contribution < -0.4 is 11.1 Å². The third-order valence-electron chi connectivity index (χ3n) is 4.12. The number of pyridine rings is 1. The number of aryl methyl sites for hydroxylation is 1. The highest BCUT2D eigenvalue weighted by Crippen LogP contribution is 2.29. The summed E-state index contributed by atoms with van der Waals surface area (Å²) in [5.41, 5.74) is 8.46. The Morgan fingerprint density at radius 2 is 2.29 bits per heavy atom. The molecule has 0 aromatic carbocycles. The summed E-state index contributed by atoms with van der Waals surface area (Å²) in [6, 6.07) is 3.25. The summed E-state index contributed by atoms with van der Waals surface area (Å²) in [5.74, 6) is 0.887. The van der Waals surface area contributed by atoms with Gasteiger partial charge in [0, 0.05) is 42.9 Å². The minimum Gasteiger partial charge on any atom is -0.385 e.